The summed E-state index contributed by atoms with van der Waals surface area (Å²) in [5.41, 5.74) is 0. The number of rotatable bonds is 4. The molecule has 10 heavy (non-hydrogen) atoms. The Morgan fingerprint density at radius 1 is 1.40 bits per heavy atom. The maximum Gasteiger partial charge on any atom is 0.297 e. The van der Waals surface area contributed by atoms with Crippen LogP contribution in [-0.4, -0.2) is 13.7 Å². The summed E-state index contributed by atoms with van der Waals surface area (Å²) in [5.74, 6) is 0. The highest BCUT2D eigenvalue weighted by Crippen LogP contribution is 2.07. The van der Waals surface area contributed by atoms with Crippen LogP contribution in [0.3, 0.4) is 0 Å². The zero-order valence-corrected chi connectivity index (χ0v) is 7.15. The van der Waals surface area contributed by atoms with Crippen molar-refractivity contribution in [3.05, 3.63) is 0 Å². The van der Waals surface area contributed by atoms with E-state index in [-0.39, 0.29) is 0 Å². The van der Waals surface area contributed by atoms with E-state index in [0.29, 0.717) is 6.42 Å². The van der Waals surface area contributed by atoms with Crippen LogP contribution < -0.4 is 0 Å². The summed E-state index contributed by atoms with van der Waals surface area (Å²) in [4.78, 5) is 0. The molecule has 0 aromatic rings. The van der Waals surface area contributed by atoms with Gasteiger partial charge in [-0.05, 0) is 13.3 Å². The van der Waals surface area contributed by atoms with Crippen LogP contribution in [0.15, 0.2) is 0 Å². The van der Waals surface area contributed by atoms with E-state index in [2.05, 4.69) is 0 Å². The summed E-state index contributed by atoms with van der Waals surface area (Å²) in [7, 11) is -4.03. The van der Waals surface area contributed by atoms with Crippen LogP contribution >= 0.6 is 0 Å². The molecule has 4 heteroatoms. The summed E-state index contributed by atoms with van der Waals surface area (Å²) < 4.78 is 30.8. The largest absolute Gasteiger partial charge is 0.297 e. The Kier molecular flexibility index (Phi) is 3.89. The number of hydrogen-bond donors (Lipinski definition) is 0. The van der Waals surface area contributed by atoms with Crippen LogP contribution in [0.1, 0.15) is 33.1 Å². The Morgan fingerprint density at radius 3 is 2.20 bits per heavy atom. The van der Waals surface area contributed by atoms with Crippen molar-refractivity contribution in [2.75, 3.05) is 0 Å². The lowest BCUT2D eigenvalue weighted by Crippen LogP contribution is -2.14. The van der Waals surface area contributed by atoms with Gasteiger partial charge in [-0.1, -0.05) is 24.3 Å². The van der Waals surface area contributed by atoms with Gasteiger partial charge in [0.25, 0.3) is 10.1 Å². The van der Waals surface area contributed by atoms with Crippen molar-refractivity contribution in [2.24, 2.45) is 0 Å². The van der Waals surface area contributed by atoms with Crippen LogP contribution in [0.2, 0.25) is 0 Å². The van der Waals surface area contributed by atoms with Gasteiger partial charge in [-0.25, -0.2) is 0 Å². The first-order chi connectivity index (χ1) is 4.48. The molecule has 0 amide bonds. The Morgan fingerprint density at radius 2 is 1.90 bits per heavy atom. The monoisotopic (exact) mass is 165 g/mol. The van der Waals surface area contributed by atoms with Gasteiger partial charge >= 0.3 is 0 Å². The maximum atomic E-state index is 10.3. The zero-order chi connectivity index (χ0) is 8.20. The lowest BCUT2D eigenvalue weighted by Gasteiger charge is -2.03. The summed E-state index contributed by atoms with van der Waals surface area (Å²) in [6.45, 7) is 3.42. The third kappa shape index (κ3) is 3.85. The highest BCUT2D eigenvalue weighted by Gasteiger charge is 2.17. The average Bonchev–Trinajstić information content (AvgIpc) is 1.80. The smallest absolute Gasteiger partial charge is 0.197 e. The third-order valence-electron chi connectivity index (χ3n) is 1.46. The molecule has 1 unspecified atom stereocenters. The molecule has 0 bridgehead atoms. The molecule has 0 aliphatic carbocycles. The molecular weight excluding hydrogens is 152 g/mol. The SMILES string of the molecule is CCCCC(C)S([O])(=O)=O. The predicted molar refractivity (Wildman–Crippen MR) is 38.6 cm³/mol. The molecule has 0 aliphatic rings. The standard InChI is InChI=1S/C6H13O3S/c1-3-4-5-6(2)10(7,8)9/h6H,3-5H2,1-2H3. The molecule has 0 heterocycles. The van der Waals surface area contributed by atoms with Gasteiger partial charge in [0.05, 0.1) is 5.25 Å². The minimum Gasteiger partial charge on any atom is -0.197 e. The predicted octanol–water partition coefficient (Wildman–Crippen LogP) is 1.33. The Balaban J connectivity index is 3.75. The van der Waals surface area contributed by atoms with Crippen molar-refractivity contribution in [1.29, 1.82) is 0 Å². The first-order valence-electron chi connectivity index (χ1n) is 3.43. The van der Waals surface area contributed by atoms with E-state index in [1.807, 2.05) is 6.92 Å². The van der Waals surface area contributed by atoms with Crippen LogP contribution in [0, 0.1) is 0 Å². The van der Waals surface area contributed by atoms with E-state index in [1.165, 1.54) is 6.92 Å². The molecule has 1 atom stereocenters. The minimum atomic E-state index is -4.03. The van der Waals surface area contributed by atoms with Crippen molar-refractivity contribution < 1.29 is 13.0 Å². The lowest BCUT2D eigenvalue weighted by molar-refractivity contribution is 0.400. The molecule has 0 aliphatic heterocycles. The molecule has 0 aromatic carbocycles. The molecule has 1 radical (unpaired) electrons. The molecule has 0 aromatic heterocycles. The Hall–Kier alpha value is -0.0900. The van der Waals surface area contributed by atoms with E-state index in [0.717, 1.165) is 12.8 Å². The van der Waals surface area contributed by atoms with Crippen LogP contribution in [0.25, 0.3) is 0 Å². The van der Waals surface area contributed by atoms with Crippen LogP contribution in [0.4, 0.5) is 0 Å². The lowest BCUT2D eigenvalue weighted by atomic mass is 10.2. The molecule has 0 saturated carbocycles. The van der Waals surface area contributed by atoms with Crippen molar-refractivity contribution in [1.82, 2.24) is 0 Å². The molecule has 0 spiro atoms. The van der Waals surface area contributed by atoms with E-state index < -0.39 is 15.4 Å². The normalized spacial score (nSPS) is 15.1. The van der Waals surface area contributed by atoms with E-state index in [4.69, 9.17) is 0 Å². The van der Waals surface area contributed by atoms with Gasteiger partial charge in [0.1, 0.15) is 0 Å². The maximum absolute atomic E-state index is 10.3. The van der Waals surface area contributed by atoms with Crippen molar-refractivity contribution in [2.45, 2.75) is 38.4 Å². The van der Waals surface area contributed by atoms with Crippen molar-refractivity contribution in [3.8, 4) is 0 Å². The topological polar surface area (TPSA) is 54.0 Å². The second-order valence-electron chi connectivity index (χ2n) is 2.45. The highest BCUT2D eigenvalue weighted by molar-refractivity contribution is 7.86. The second-order valence-corrected chi connectivity index (χ2v) is 4.24. The second kappa shape index (κ2) is 3.93. The molecule has 61 valence electrons. The summed E-state index contributed by atoms with van der Waals surface area (Å²) in [5, 5.41) is -0.715. The van der Waals surface area contributed by atoms with Crippen molar-refractivity contribution >= 4 is 10.1 Å². The molecule has 0 saturated heterocycles. The van der Waals surface area contributed by atoms with Gasteiger partial charge < -0.3 is 0 Å². The average molecular weight is 165 g/mol. The fourth-order valence-corrected chi connectivity index (χ4v) is 1.09. The van der Waals surface area contributed by atoms with Gasteiger partial charge in [-0.2, -0.15) is 8.42 Å². The fraction of sp³-hybridized carbons (Fsp3) is 1.00. The molecular formula is C6H13O3S. The van der Waals surface area contributed by atoms with Gasteiger partial charge in [-0.15, -0.1) is 0 Å². The van der Waals surface area contributed by atoms with Gasteiger partial charge in [-0.3, -0.25) is 0 Å². The summed E-state index contributed by atoms with van der Waals surface area (Å²) >= 11 is 0. The number of unbranched alkanes of at least 4 members (excludes halogenated alkanes) is 1. The van der Waals surface area contributed by atoms with Gasteiger partial charge in [0.2, 0.25) is 0 Å². The summed E-state index contributed by atoms with van der Waals surface area (Å²) in [6.07, 6.45) is 2.23. The molecule has 0 rings (SSSR count). The Labute approximate surface area is 62.2 Å². The zero-order valence-electron chi connectivity index (χ0n) is 6.33. The number of hydrogen-bond acceptors (Lipinski definition) is 2. The van der Waals surface area contributed by atoms with Gasteiger partial charge in [0, 0.05) is 0 Å². The fourth-order valence-electron chi connectivity index (χ4n) is 0.636. The molecule has 0 fully saturated rings. The molecule has 0 N–H and O–H groups in total. The highest BCUT2D eigenvalue weighted by atomic mass is 32.2. The van der Waals surface area contributed by atoms with Gasteiger partial charge in [0.15, 0.2) is 0 Å². The van der Waals surface area contributed by atoms with E-state index in [9.17, 15) is 13.0 Å². The molecule has 3 nitrogen and oxygen atoms in total. The van der Waals surface area contributed by atoms with E-state index in [1.54, 1.807) is 0 Å². The first-order valence-corrected chi connectivity index (χ1v) is 4.90. The minimum absolute atomic E-state index is 0.488. The quantitative estimate of drug-likeness (QED) is 0.631. The van der Waals surface area contributed by atoms with Crippen molar-refractivity contribution in [3.63, 3.8) is 0 Å². The Bertz CT molecular complexity index is 171. The third-order valence-corrected chi connectivity index (χ3v) is 2.68. The van der Waals surface area contributed by atoms with Crippen LogP contribution in [0.5, 0.6) is 0 Å². The van der Waals surface area contributed by atoms with Crippen LogP contribution in [-0.2, 0) is 14.7 Å². The van der Waals surface area contributed by atoms with E-state index >= 15 is 0 Å². The first kappa shape index (κ1) is 9.91. The summed E-state index contributed by atoms with van der Waals surface area (Å²) in [6, 6.07) is 0.